The molecule has 0 saturated heterocycles. The molecular formula is C59H40N4. The van der Waals surface area contributed by atoms with Crippen molar-refractivity contribution in [2.75, 3.05) is 5.73 Å². The number of aromatic nitrogens is 1. The maximum absolute atomic E-state index is 8.26. The van der Waals surface area contributed by atoms with Crippen molar-refractivity contribution in [2.45, 2.75) is 0 Å². The number of hydrogen-bond acceptors (Lipinski definition) is 4. The van der Waals surface area contributed by atoms with E-state index in [4.69, 9.17) is 16.6 Å². The van der Waals surface area contributed by atoms with Gasteiger partial charge in [0.15, 0.2) is 0 Å². The summed E-state index contributed by atoms with van der Waals surface area (Å²) in [6.45, 7) is 0. The number of pyridine rings is 1. The highest BCUT2D eigenvalue weighted by Crippen LogP contribution is 2.45. The fraction of sp³-hybridized carbons (Fsp3) is 0. The van der Waals surface area contributed by atoms with Gasteiger partial charge in [0.05, 0.1) is 16.9 Å². The number of rotatable bonds is 4. The second-order valence-corrected chi connectivity index (χ2v) is 16.1. The van der Waals surface area contributed by atoms with Crippen LogP contribution in [0.4, 0.5) is 5.69 Å². The first kappa shape index (κ1) is 37.5. The Hall–Kier alpha value is -8.47. The van der Waals surface area contributed by atoms with Crippen molar-refractivity contribution < 1.29 is 0 Å². The normalized spacial score (nSPS) is 12.6. The standard InChI is InChI=1S/C40H26N2.C19H14N2/c41-37-20-18-30(24-38(37)42)29-17-19-35-36(23-29)40(32-16-14-26-8-2-4-10-28(26)22-32)34-12-6-5-11-33(34)39(35)31-15-13-25-7-1-3-9-27(25)21-31;20-18-10-9-15(16-6-2-3-7-17(16)18)14-11-13-5-1-4-8-19(13)21-12-14/h1-24,41-42H;1-12H,20H2. The van der Waals surface area contributed by atoms with Crippen molar-refractivity contribution >= 4 is 87.4 Å². The zero-order valence-corrected chi connectivity index (χ0v) is 34.3. The number of nitrogens with one attached hydrogen (secondary N) is 2. The van der Waals surface area contributed by atoms with Crippen LogP contribution in [0, 0.1) is 10.8 Å². The van der Waals surface area contributed by atoms with Crippen LogP contribution in [0.1, 0.15) is 5.56 Å². The van der Waals surface area contributed by atoms with E-state index in [0.717, 1.165) is 49.6 Å². The molecule has 0 bridgehead atoms. The number of fused-ring (bicyclic) bond motifs is 6. The number of para-hydroxylation sites is 1. The minimum absolute atomic E-state index is 0.234. The molecule has 0 atom stereocenters. The van der Waals surface area contributed by atoms with Crippen LogP contribution < -0.4 is 5.73 Å². The van der Waals surface area contributed by atoms with Gasteiger partial charge in [0.2, 0.25) is 0 Å². The molecule has 1 aliphatic carbocycles. The quantitative estimate of drug-likeness (QED) is 0.0940. The highest BCUT2D eigenvalue weighted by Gasteiger charge is 2.19. The number of anilines is 1. The molecule has 4 heteroatoms. The van der Waals surface area contributed by atoms with Crippen molar-refractivity contribution in [1.29, 1.82) is 10.8 Å². The van der Waals surface area contributed by atoms with Crippen molar-refractivity contribution in [3.63, 3.8) is 0 Å². The van der Waals surface area contributed by atoms with Crippen molar-refractivity contribution in [3.8, 4) is 33.4 Å². The molecular weight excluding hydrogens is 765 g/mol. The van der Waals surface area contributed by atoms with E-state index in [9.17, 15) is 0 Å². The van der Waals surface area contributed by atoms with Gasteiger partial charge in [-0.05, 0) is 136 Å². The zero-order valence-electron chi connectivity index (χ0n) is 34.3. The monoisotopic (exact) mass is 804 g/mol. The number of allylic oxidation sites excluding steroid dienone is 4. The molecule has 1 heterocycles. The van der Waals surface area contributed by atoms with Crippen LogP contribution in [-0.2, 0) is 0 Å². The lowest BCUT2D eigenvalue weighted by atomic mass is 9.84. The predicted octanol–water partition coefficient (Wildman–Crippen LogP) is 15.3. The lowest BCUT2D eigenvalue weighted by molar-refractivity contribution is 1.41. The Balaban J connectivity index is 0.000000177. The van der Waals surface area contributed by atoms with Crippen molar-refractivity contribution in [2.24, 2.45) is 0 Å². The van der Waals surface area contributed by atoms with Gasteiger partial charge in [-0.2, -0.15) is 0 Å². The fourth-order valence-corrected chi connectivity index (χ4v) is 9.19. The molecule has 296 valence electrons. The average Bonchev–Trinajstić information content (AvgIpc) is 3.34. The van der Waals surface area contributed by atoms with Gasteiger partial charge < -0.3 is 5.73 Å². The van der Waals surface area contributed by atoms with E-state index in [1.165, 1.54) is 65.3 Å². The summed E-state index contributed by atoms with van der Waals surface area (Å²) in [5, 5.41) is 29.4. The summed E-state index contributed by atoms with van der Waals surface area (Å²) in [6.07, 6.45) is 7.39. The third-order valence-corrected chi connectivity index (χ3v) is 12.3. The second kappa shape index (κ2) is 15.5. The maximum Gasteiger partial charge on any atom is 0.0795 e. The molecule has 0 aliphatic heterocycles. The SMILES string of the molecule is N=C1C=CC(c2ccc3c(-c4ccc5ccccc5c4)c4ccccc4c(-c4ccc5ccccc5c4)c3c2)=CC1=N.Nc1ccc(-c2cnc3ccccc3c2)c2ccccc12. The Labute approximate surface area is 364 Å². The van der Waals surface area contributed by atoms with E-state index < -0.39 is 0 Å². The van der Waals surface area contributed by atoms with E-state index in [0.29, 0.717) is 0 Å². The van der Waals surface area contributed by atoms with Gasteiger partial charge in [0.25, 0.3) is 0 Å². The maximum atomic E-state index is 8.26. The Morgan fingerprint density at radius 2 is 0.889 bits per heavy atom. The third kappa shape index (κ3) is 6.80. The Morgan fingerprint density at radius 3 is 1.56 bits per heavy atom. The number of nitrogen functional groups attached to an aromatic ring is 1. The van der Waals surface area contributed by atoms with E-state index in [2.05, 4.69) is 163 Å². The van der Waals surface area contributed by atoms with E-state index in [-0.39, 0.29) is 11.4 Å². The van der Waals surface area contributed by atoms with Crippen LogP contribution in [0.2, 0.25) is 0 Å². The van der Waals surface area contributed by atoms with Gasteiger partial charge in [-0.25, -0.2) is 0 Å². The molecule has 0 saturated carbocycles. The molecule has 0 fully saturated rings. The minimum atomic E-state index is 0.234. The van der Waals surface area contributed by atoms with Gasteiger partial charge in [-0.1, -0.05) is 164 Å². The molecule has 10 aromatic carbocycles. The highest BCUT2D eigenvalue weighted by molar-refractivity contribution is 6.50. The number of hydrogen-bond donors (Lipinski definition) is 3. The summed E-state index contributed by atoms with van der Waals surface area (Å²) in [4.78, 5) is 4.56. The lowest BCUT2D eigenvalue weighted by Gasteiger charge is -2.20. The molecule has 1 aliphatic rings. The molecule has 0 radical (unpaired) electrons. The molecule has 4 nitrogen and oxygen atoms in total. The van der Waals surface area contributed by atoms with Crippen molar-refractivity contribution in [1.82, 2.24) is 4.98 Å². The van der Waals surface area contributed by atoms with E-state index in [1.54, 1.807) is 12.2 Å². The van der Waals surface area contributed by atoms with Crippen LogP contribution in [0.15, 0.2) is 219 Å². The van der Waals surface area contributed by atoms with Crippen molar-refractivity contribution in [3.05, 3.63) is 224 Å². The molecule has 1 aromatic heterocycles. The third-order valence-electron chi connectivity index (χ3n) is 12.3. The first-order valence-corrected chi connectivity index (χ1v) is 21.1. The molecule has 11 aromatic rings. The fourth-order valence-electron chi connectivity index (χ4n) is 9.19. The summed E-state index contributed by atoms with van der Waals surface area (Å²) < 4.78 is 0. The largest absolute Gasteiger partial charge is 0.398 e. The number of benzene rings is 10. The topological polar surface area (TPSA) is 86.6 Å². The van der Waals surface area contributed by atoms with Crippen LogP contribution in [0.5, 0.6) is 0 Å². The summed E-state index contributed by atoms with van der Waals surface area (Å²) in [5.74, 6) is 0. The highest BCUT2D eigenvalue weighted by atomic mass is 14.6. The molecule has 12 rings (SSSR count). The summed E-state index contributed by atoms with van der Waals surface area (Å²) in [6, 6.07) is 68.6. The van der Waals surface area contributed by atoms with Gasteiger partial charge in [0, 0.05) is 28.2 Å². The van der Waals surface area contributed by atoms with Crippen LogP contribution in [0.25, 0.3) is 104 Å². The van der Waals surface area contributed by atoms with Gasteiger partial charge in [0.1, 0.15) is 0 Å². The van der Waals surface area contributed by atoms with Gasteiger partial charge in [-0.15, -0.1) is 0 Å². The number of nitrogens with zero attached hydrogens (tertiary/aromatic N) is 1. The lowest BCUT2D eigenvalue weighted by Crippen LogP contribution is -2.09. The summed E-state index contributed by atoms with van der Waals surface area (Å²) in [5.41, 5.74) is 17.5. The minimum Gasteiger partial charge on any atom is -0.398 e. The first-order valence-electron chi connectivity index (χ1n) is 21.1. The van der Waals surface area contributed by atoms with Crippen LogP contribution >= 0.6 is 0 Å². The average molecular weight is 805 g/mol. The molecule has 4 N–H and O–H groups in total. The molecule has 0 unspecified atom stereocenters. The van der Waals surface area contributed by atoms with Gasteiger partial charge in [-0.3, -0.25) is 15.8 Å². The Kier molecular flexibility index (Phi) is 9.25. The predicted molar refractivity (Wildman–Crippen MR) is 269 cm³/mol. The zero-order chi connectivity index (χ0) is 42.4. The summed E-state index contributed by atoms with van der Waals surface area (Å²) >= 11 is 0. The Morgan fingerprint density at radius 1 is 0.365 bits per heavy atom. The van der Waals surface area contributed by atoms with E-state index in [1.807, 2.05) is 48.7 Å². The molecule has 0 spiro atoms. The first-order chi connectivity index (χ1) is 31.0. The van der Waals surface area contributed by atoms with Crippen LogP contribution in [-0.4, -0.2) is 16.4 Å². The Bertz CT molecular complexity index is 3740. The van der Waals surface area contributed by atoms with E-state index >= 15 is 0 Å². The smallest absolute Gasteiger partial charge is 0.0795 e. The second-order valence-electron chi connectivity index (χ2n) is 16.1. The number of nitrogens with two attached hydrogens (primary N) is 1. The van der Waals surface area contributed by atoms with Gasteiger partial charge >= 0.3 is 0 Å². The van der Waals surface area contributed by atoms with Crippen LogP contribution in [0.3, 0.4) is 0 Å². The molecule has 0 amide bonds. The molecule has 63 heavy (non-hydrogen) atoms. The summed E-state index contributed by atoms with van der Waals surface area (Å²) in [7, 11) is 0.